The van der Waals surface area contributed by atoms with Gasteiger partial charge in [-0.05, 0) is 61.2 Å². The lowest BCUT2D eigenvalue weighted by molar-refractivity contribution is -0.0381. The second-order valence-electron chi connectivity index (χ2n) is 6.83. The molecule has 2 aliphatic rings. The van der Waals surface area contributed by atoms with Crippen LogP contribution in [0.5, 0.6) is 0 Å². The van der Waals surface area contributed by atoms with E-state index in [0.717, 1.165) is 41.8 Å². The summed E-state index contributed by atoms with van der Waals surface area (Å²) in [7, 11) is 0. The van der Waals surface area contributed by atoms with E-state index in [0.29, 0.717) is 16.5 Å². The summed E-state index contributed by atoms with van der Waals surface area (Å²) in [4.78, 5) is 11.2. The highest BCUT2D eigenvalue weighted by Crippen LogP contribution is 2.50. The minimum absolute atomic E-state index is 0.0206. The molecule has 0 radical (unpaired) electrons. The van der Waals surface area contributed by atoms with Crippen molar-refractivity contribution in [1.82, 2.24) is 0 Å². The summed E-state index contributed by atoms with van der Waals surface area (Å²) in [5, 5.41) is 13.6. The Balaban J connectivity index is 1.77. The minimum atomic E-state index is -0.898. The van der Waals surface area contributed by atoms with Crippen LogP contribution >= 0.6 is 11.6 Å². The van der Waals surface area contributed by atoms with Crippen molar-refractivity contribution in [2.24, 2.45) is 5.92 Å². The van der Waals surface area contributed by atoms with Crippen LogP contribution in [0.25, 0.3) is 0 Å². The van der Waals surface area contributed by atoms with Crippen molar-refractivity contribution in [2.75, 3.05) is 11.9 Å². The third-order valence-corrected chi connectivity index (χ3v) is 5.51. The monoisotopic (exact) mass is 357 g/mol. The number of fused-ring (bicyclic) bond motifs is 3. The molecular weight excluding hydrogens is 338 g/mol. The number of ether oxygens (including phenoxy) is 1. The number of carbonyl (C=O) groups is 1. The largest absolute Gasteiger partial charge is 0.478 e. The number of benzene rings is 2. The van der Waals surface area contributed by atoms with Gasteiger partial charge in [0.2, 0.25) is 0 Å². The summed E-state index contributed by atoms with van der Waals surface area (Å²) in [6.07, 6.45) is 2.11. The fourth-order valence-corrected chi connectivity index (χ4v) is 4.29. The van der Waals surface area contributed by atoms with Gasteiger partial charge in [0.1, 0.15) is 0 Å². The van der Waals surface area contributed by atoms with Gasteiger partial charge in [-0.15, -0.1) is 0 Å². The Hall–Kier alpha value is -2.04. The molecule has 5 heteroatoms. The quantitative estimate of drug-likeness (QED) is 0.795. The van der Waals surface area contributed by atoms with Crippen LogP contribution in [0, 0.1) is 12.8 Å². The van der Waals surface area contributed by atoms with Crippen LogP contribution in [0.4, 0.5) is 5.69 Å². The molecular formula is C20H20ClNO3. The lowest BCUT2D eigenvalue weighted by Gasteiger charge is -2.43. The van der Waals surface area contributed by atoms with E-state index in [1.807, 2.05) is 31.2 Å². The Morgan fingerprint density at radius 3 is 2.84 bits per heavy atom. The number of carboxylic acid groups (broad SMARTS) is 1. The smallest absolute Gasteiger partial charge is 0.335 e. The Morgan fingerprint density at radius 2 is 2.08 bits per heavy atom. The van der Waals surface area contributed by atoms with Crippen LogP contribution < -0.4 is 5.32 Å². The molecule has 1 saturated heterocycles. The molecule has 0 unspecified atom stereocenters. The molecule has 130 valence electrons. The molecule has 2 aromatic carbocycles. The van der Waals surface area contributed by atoms with Gasteiger partial charge in [0.05, 0.1) is 17.7 Å². The predicted molar refractivity (Wildman–Crippen MR) is 97.4 cm³/mol. The summed E-state index contributed by atoms with van der Waals surface area (Å²) in [5.41, 5.74) is 4.60. The number of nitrogens with one attached hydrogen (secondary N) is 1. The molecule has 2 aromatic rings. The molecule has 0 amide bonds. The number of aromatic carboxylic acids is 1. The minimum Gasteiger partial charge on any atom is -0.478 e. The van der Waals surface area contributed by atoms with Crippen LogP contribution in [-0.4, -0.2) is 17.7 Å². The molecule has 2 aliphatic heterocycles. The maximum Gasteiger partial charge on any atom is 0.335 e. The Labute approximate surface area is 151 Å². The first kappa shape index (κ1) is 16.4. The number of anilines is 1. The number of halogens is 1. The SMILES string of the molecule is Cc1cc(C(=O)O)ccc1[C@@H]1Nc2ccc(Cl)cc2[C@@H]2OCCC[C@H]12. The normalized spacial score (nSPS) is 24.8. The van der Waals surface area contributed by atoms with E-state index in [4.69, 9.17) is 16.3 Å². The summed E-state index contributed by atoms with van der Waals surface area (Å²) in [6, 6.07) is 11.3. The fraction of sp³-hybridized carbons (Fsp3) is 0.350. The van der Waals surface area contributed by atoms with Gasteiger partial charge in [-0.2, -0.15) is 0 Å². The number of hydrogen-bond acceptors (Lipinski definition) is 3. The molecule has 25 heavy (non-hydrogen) atoms. The Kier molecular flexibility index (Phi) is 4.18. The lowest BCUT2D eigenvalue weighted by atomic mass is 9.76. The van der Waals surface area contributed by atoms with Crippen molar-refractivity contribution in [2.45, 2.75) is 31.9 Å². The van der Waals surface area contributed by atoms with Crippen LogP contribution in [-0.2, 0) is 4.74 Å². The molecule has 1 fully saturated rings. The maximum atomic E-state index is 11.2. The molecule has 4 rings (SSSR count). The van der Waals surface area contributed by atoms with Crippen molar-refractivity contribution < 1.29 is 14.6 Å². The third kappa shape index (κ3) is 2.90. The van der Waals surface area contributed by atoms with Crippen LogP contribution in [0.3, 0.4) is 0 Å². The Morgan fingerprint density at radius 1 is 1.24 bits per heavy atom. The van der Waals surface area contributed by atoms with Crippen molar-refractivity contribution in [3.63, 3.8) is 0 Å². The number of carboxylic acids is 1. The topological polar surface area (TPSA) is 58.6 Å². The highest BCUT2D eigenvalue weighted by molar-refractivity contribution is 6.30. The van der Waals surface area contributed by atoms with E-state index in [9.17, 15) is 9.90 Å². The zero-order valence-corrected chi connectivity index (χ0v) is 14.7. The highest BCUT2D eigenvalue weighted by atomic mass is 35.5. The van der Waals surface area contributed by atoms with E-state index < -0.39 is 5.97 Å². The molecule has 0 aliphatic carbocycles. The summed E-state index contributed by atoms with van der Waals surface area (Å²) >= 11 is 6.19. The van der Waals surface area contributed by atoms with Gasteiger partial charge in [0, 0.05) is 28.8 Å². The van der Waals surface area contributed by atoms with Crippen LogP contribution in [0.2, 0.25) is 5.02 Å². The average Bonchev–Trinajstić information content (AvgIpc) is 2.61. The average molecular weight is 358 g/mol. The summed E-state index contributed by atoms with van der Waals surface area (Å²) < 4.78 is 6.12. The van der Waals surface area contributed by atoms with Crippen LogP contribution in [0.15, 0.2) is 36.4 Å². The van der Waals surface area contributed by atoms with Gasteiger partial charge in [0.15, 0.2) is 0 Å². The van der Waals surface area contributed by atoms with E-state index in [-0.39, 0.29) is 12.1 Å². The first-order chi connectivity index (χ1) is 12.0. The van der Waals surface area contributed by atoms with Crippen molar-refractivity contribution >= 4 is 23.3 Å². The van der Waals surface area contributed by atoms with E-state index in [1.54, 1.807) is 12.1 Å². The first-order valence-electron chi connectivity index (χ1n) is 8.56. The zero-order valence-electron chi connectivity index (χ0n) is 14.0. The van der Waals surface area contributed by atoms with E-state index in [1.165, 1.54) is 0 Å². The van der Waals surface area contributed by atoms with Gasteiger partial charge in [-0.3, -0.25) is 0 Å². The van der Waals surface area contributed by atoms with E-state index >= 15 is 0 Å². The summed E-state index contributed by atoms with van der Waals surface area (Å²) in [5.74, 6) is -0.598. The predicted octanol–water partition coefficient (Wildman–Crippen LogP) is 4.98. The maximum absolute atomic E-state index is 11.2. The Bertz CT molecular complexity index is 836. The number of aryl methyl sites for hydroxylation is 1. The molecule has 2 N–H and O–H groups in total. The van der Waals surface area contributed by atoms with Crippen molar-refractivity contribution in [3.8, 4) is 0 Å². The molecule has 0 spiro atoms. The van der Waals surface area contributed by atoms with Crippen LogP contribution in [0.1, 0.15) is 52.0 Å². The zero-order chi connectivity index (χ0) is 17.6. The second kappa shape index (κ2) is 6.36. The molecule has 0 saturated carbocycles. The van der Waals surface area contributed by atoms with Gasteiger partial charge in [-0.25, -0.2) is 4.79 Å². The standard InChI is InChI=1S/C20H20ClNO3/c1-11-9-12(20(23)24)4-6-14(11)18-15-3-2-8-25-19(15)16-10-13(21)5-7-17(16)22-18/h4-7,9-10,15,18-19,22H,2-3,8H2,1H3,(H,23,24)/t15-,18+,19-/m1/s1. The van der Waals surface area contributed by atoms with Gasteiger partial charge in [0.25, 0.3) is 0 Å². The number of rotatable bonds is 2. The van der Waals surface area contributed by atoms with Gasteiger partial charge < -0.3 is 15.2 Å². The van der Waals surface area contributed by atoms with Gasteiger partial charge in [-0.1, -0.05) is 17.7 Å². The van der Waals surface area contributed by atoms with Crippen molar-refractivity contribution in [3.05, 3.63) is 63.7 Å². The van der Waals surface area contributed by atoms with E-state index in [2.05, 4.69) is 5.32 Å². The molecule has 0 aromatic heterocycles. The fourth-order valence-electron chi connectivity index (χ4n) is 4.11. The molecule has 3 atom stereocenters. The van der Waals surface area contributed by atoms with Gasteiger partial charge >= 0.3 is 5.97 Å². The molecule has 0 bridgehead atoms. The highest BCUT2D eigenvalue weighted by Gasteiger charge is 2.40. The third-order valence-electron chi connectivity index (χ3n) is 5.28. The molecule has 2 heterocycles. The second-order valence-corrected chi connectivity index (χ2v) is 7.26. The molecule has 4 nitrogen and oxygen atoms in total. The number of hydrogen-bond donors (Lipinski definition) is 2. The first-order valence-corrected chi connectivity index (χ1v) is 8.94. The summed E-state index contributed by atoms with van der Waals surface area (Å²) in [6.45, 7) is 2.73. The lowest BCUT2D eigenvalue weighted by Crippen LogP contribution is -2.36. The van der Waals surface area contributed by atoms with Crippen molar-refractivity contribution in [1.29, 1.82) is 0 Å².